The van der Waals surface area contributed by atoms with Gasteiger partial charge >= 0.3 is 0 Å². The highest BCUT2D eigenvalue weighted by Crippen LogP contribution is 2.50. The van der Waals surface area contributed by atoms with Gasteiger partial charge in [-0.15, -0.1) is 0 Å². The van der Waals surface area contributed by atoms with Gasteiger partial charge < -0.3 is 14.9 Å². The fourth-order valence-electron chi connectivity index (χ4n) is 3.17. The maximum absolute atomic E-state index is 11.8. The molecule has 5 heteroatoms. The van der Waals surface area contributed by atoms with E-state index in [1.165, 1.54) is 12.2 Å². The molecule has 2 N–H and O–H groups in total. The first-order valence-corrected chi connectivity index (χ1v) is 7.11. The van der Waals surface area contributed by atoms with Crippen LogP contribution in [0.25, 0.3) is 0 Å². The van der Waals surface area contributed by atoms with Crippen molar-refractivity contribution in [1.82, 2.24) is 4.90 Å². The minimum absolute atomic E-state index is 0.147. The van der Waals surface area contributed by atoms with Crippen molar-refractivity contribution in [3.63, 3.8) is 0 Å². The minimum Gasteiger partial charge on any atom is -0.384 e. The fourth-order valence-corrected chi connectivity index (χ4v) is 3.17. The number of likely N-dealkylation sites (N-methyl/N-ethyl adjacent to an activating group) is 1. The molecule has 5 nitrogen and oxygen atoms in total. The van der Waals surface area contributed by atoms with E-state index in [0.29, 0.717) is 18.6 Å². The molecule has 1 heterocycles. The molecule has 0 spiro atoms. The van der Waals surface area contributed by atoms with E-state index in [2.05, 4.69) is 13.2 Å². The normalized spacial score (nSPS) is 41.9. The molecule has 5 atom stereocenters. The average Bonchev–Trinajstić information content (AvgIpc) is 2.96. The van der Waals surface area contributed by atoms with E-state index in [4.69, 9.17) is 4.74 Å². The third kappa shape index (κ3) is 2.74. The molecule has 1 aliphatic carbocycles. The van der Waals surface area contributed by atoms with Gasteiger partial charge in [-0.1, -0.05) is 24.8 Å². The molecule has 0 aromatic heterocycles. The summed E-state index contributed by atoms with van der Waals surface area (Å²) in [6.07, 6.45) is 4.20. The van der Waals surface area contributed by atoms with Crippen LogP contribution >= 0.6 is 0 Å². The summed E-state index contributed by atoms with van der Waals surface area (Å²) in [5.41, 5.74) is -1.76. The van der Waals surface area contributed by atoms with E-state index in [1.807, 2.05) is 0 Å². The molecule has 0 aromatic rings. The maximum atomic E-state index is 11.8. The Bertz CT molecular complexity index is 501. The van der Waals surface area contributed by atoms with Crippen LogP contribution in [0, 0.1) is 0 Å². The fraction of sp³-hybridized carbons (Fsp3) is 0.562. The number of ether oxygens (including phenoxy) is 1. The summed E-state index contributed by atoms with van der Waals surface area (Å²) in [4.78, 5) is 13.4. The largest absolute Gasteiger partial charge is 0.384 e. The predicted octanol–water partition coefficient (Wildman–Crippen LogP) is 0.786. The number of hydrogen-bond acceptors (Lipinski definition) is 5. The van der Waals surface area contributed by atoms with Crippen molar-refractivity contribution in [2.45, 2.75) is 43.2 Å². The molecule has 0 aromatic carbocycles. The Kier molecular flexibility index (Phi) is 4.22. The summed E-state index contributed by atoms with van der Waals surface area (Å²) in [5, 5.41) is 21.5. The Labute approximate surface area is 125 Å². The second-order valence-electron chi connectivity index (χ2n) is 5.81. The third-order valence-corrected chi connectivity index (χ3v) is 4.35. The molecule has 0 amide bonds. The van der Waals surface area contributed by atoms with Gasteiger partial charge in [0.2, 0.25) is 0 Å². The van der Waals surface area contributed by atoms with Crippen LogP contribution < -0.4 is 0 Å². The van der Waals surface area contributed by atoms with Gasteiger partial charge in [0, 0.05) is 19.4 Å². The first-order chi connectivity index (χ1) is 9.78. The number of hydrogen-bond donors (Lipinski definition) is 2. The molecule has 1 fully saturated rings. The second-order valence-corrected chi connectivity index (χ2v) is 5.81. The molecule has 2 unspecified atom stereocenters. The van der Waals surface area contributed by atoms with Crippen LogP contribution in [0.2, 0.25) is 0 Å². The number of aliphatic hydroxyl groups is 2. The van der Waals surface area contributed by atoms with Crippen LogP contribution in [0.1, 0.15) is 19.8 Å². The van der Waals surface area contributed by atoms with Gasteiger partial charge in [0.15, 0.2) is 5.78 Å². The lowest BCUT2D eigenvalue weighted by atomic mass is 9.83. The van der Waals surface area contributed by atoms with Gasteiger partial charge in [0.1, 0.15) is 17.4 Å². The van der Waals surface area contributed by atoms with E-state index < -0.39 is 23.5 Å². The van der Waals surface area contributed by atoms with Crippen molar-refractivity contribution in [3.8, 4) is 0 Å². The van der Waals surface area contributed by atoms with Gasteiger partial charge in [-0.2, -0.15) is 0 Å². The average molecular weight is 293 g/mol. The zero-order valence-electron chi connectivity index (χ0n) is 12.6. The Balaban J connectivity index is 2.18. The number of allylic oxidation sites excluding steroid dienone is 1. The molecule has 21 heavy (non-hydrogen) atoms. The lowest BCUT2D eigenvalue weighted by molar-refractivity contribution is -0.131. The number of rotatable bonds is 6. The predicted molar refractivity (Wildman–Crippen MR) is 79.6 cm³/mol. The topological polar surface area (TPSA) is 69.8 Å². The van der Waals surface area contributed by atoms with Gasteiger partial charge in [0.25, 0.3) is 0 Å². The van der Waals surface area contributed by atoms with Gasteiger partial charge in [-0.25, -0.2) is 0 Å². The lowest BCUT2D eigenvalue weighted by Crippen LogP contribution is -2.46. The summed E-state index contributed by atoms with van der Waals surface area (Å²) in [6.45, 7) is 9.64. The highest BCUT2D eigenvalue weighted by atomic mass is 16.5. The van der Waals surface area contributed by atoms with E-state index in [0.717, 1.165) is 0 Å². The Morgan fingerprint density at radius 3 is 2.86 bits per heavy atom. The van der Waals surface area contributed by atoms with Gasteiger partial charge in [0.05, 0.1) is 6.04 Å². The molecule has 116 valence electrons. The molecule has 1 saturated heterocycles. The molecular formula is C16H23NO4. The van der Waals surface area contributed by atoms with Crippen molar-refractivity contribution in [2.24, 2.45) is 0 Å². The molecule has 0 bridgehead atoms. The zero-order valence-corrected chi connectivity index (χ0v) is 12.6. The Hall–Kier alpha value is -1.27. The van der Waals surface area contributed by atoms with Crippen LogP contribution in [0.3, 0.4) is 0 Å². The third-order valence-electron chi connectivity index (χ3n) is 4.35. The van der Waals surface area contributed by atoms with E-state index in [1.54, 1.807) is 24.9 Å². The first kappa shape index (κ1) is 16.1. The van der Waals surface area contributed by atoms with Crippen LogP contribution in [-0.2, 0) is 9.53 Å². The molecular weight excluding hydrogens is 270 g/mol. The van der Waals surface area contributed by atoms with E-state index >= 15 is 0 Å². The molecule has 2 rings (SSSR count). The monoisotopic (exact) mass is 293 g/mol. The number of carbonyl (C=O) groups excluding carboxylic acids is 1. The van der Waals surface area contributed by atoms with Crippen molar-refractivity contribution >= 4 is 5.78 Å². The molecule has 0 saturated carbocycles. The summed E-state index contributed by atoms with van der Waals surface area (Å²) in [6, 6.07) is -0.492. The smallest absolute Gasteiger partial charge is 0.184 e. The quantitative estimate of drug-likeness (QED) is 0.559. The first-order valence-electron chi connectivity index (χ1n) is 7.11. The van der Waals surface area contributed by atoms with E-state index in [-0.39, 0.29) is 12.2 Å². The van der Waals surface area contributed by atoms with Crippen molar-refractivity contribution in [2.75, 3.05) is 13.7 Å². The standard InChI is InChI=1S/C16H23NO4/c1-5-11(3)9-16(20)14(17(16)4)15(19)8-7-12(18)13(10-15)21-6-2/h5,7-8,13-14,19-20H,1,3,6,9-10H2,2,4H3/t13-,14+,15+,16?,17?/m1/s1. The minimum atomic E-state index is -1.29. The lowest BCUT2D eigenvalue weighted by Gasteiger charge is -2.32. The summed E-state index contributed by atoms with van der Waals surface area (Å²) in [5.74, 6) is -0.149. The van der Waals surface area contributed by atoms with Crippen LogP contribution in [0.4, 0.5) is 0 Å². The second kappa shape index (κ2) is 5.50. The van der Waals surface area contributed by atoms with Crippen molar-refractivity contribution in [1.29, 1.82) is 0 Å². The highest BCUT2D eigenvalue weighted by molar-refractivity contribution is 5.95. The number of ketones is 1. The number of carbonyl (C=O) groups is 1. The molecule has 0 radical (unpaired) electrons. The van der Waals surface area contributed by atoms with Crippen LogP contribution in [0.15, 0.2) is 37.0 Å². The van der Waals surface area contributed by atoms with Crippen molar-refractivity contribution in [3.05, 3.63) is 37.0 Å². The maximum Gasteiger partial charge on any atom is 0.184 e. The molecule has 2 aliphatic rings. The SMILES string of the molecule is C=CC(=C)CC1(O)[C@H]([C@]2(O)C=CC(=O)[C@H](OCC)C2)N1C. The summed E-state index contributed by atoms with van der Waals surface area (Å²) < 4.78 is 5.38. The number of nitrogens with zero attached hydrogens (tertiary/aromatic N) is 1. The Morgan fingerprint density at radius 1 is 1.62 bits per heavy atom. The van der Waals surface area contributed by atoms with E-state index in [9.17, 15) is 15.0 Å². The Morgan fingerprint density at radius 2 is 2.29 bits per heavy atom. The van der Waals surface area contributed by atoms with Crippen LogP contribution in [-0.4, -0.2) is 58.0 Å². The van der Waals surface area contributed by atoms with Crippen molar-refractivity contribution < 1.29 is 19.7 Å². The summed E-state index contributed by atoms with van der Waals surface area (Å²) >= 11 is 0. The zero-order chi connectivity index (χ0) is 15.8. The highest BCUT2D eigenvalue weighted by Gasteiger charge is 2.68. The van der Waals surface area contributed by atoms with Crippen LogP contribution in [0.5, 0.6) is 0 Å². The summed E-state index contributed by atoms with van der Waals surface area (Å²) in [7, 11) is 1.74. The van der Waals surface area contributed by atoms with Gasteiger partial charge in [-0.3, -0.25) is 9.69 Å². The van der Waals surface area contributed by atoms with Gasteiger partial charge in [-0.05, 0) is 26.1 Å². The molecule has 1 aliphatic heterocycles.